The molecule has 0 atom stereocenters. The predicted molar refractivity (Wildman–Crippen MR) is 124 cm³/mol. The van der Waals surface area contributed by atoms with E-state index in [2.05, 4.69) is 45.4 Å². The number of ether oxygens (including phenoxy) is 2. The first kappa shape index (κ1) is 20.1. The summed E-state index contributed by atoms with van der Waals surface area (Å²) in [7, 11) is 3.68. The second-order valence-corrected chi connectivity index (χ2v) is 7.73. The fourth-order valence-electron chi connectivity index (χ4n) is 3.94. The van der Waals surface area contributed by atoms with Crippen LogP contribution < -0.4 is 19.7 Å². The monoisotopic (exact) mass is 430 g/mol. The van der Waals surface area contributed by atoms with Crippen molar-refractivity contribution in [2.75, 3.05) is 37.5 Å². The fourth-order valence-corrected chi connectivity index (χ4v) is 3.94. The molecule has 3 aromatic carbocycles. The third-order valence-corrected chi connectivity index (χ3v) is 5.68. The Morgan fingerprint density at radius 2 is 1.91 bits per heavy atom. The van der Waals surface area contributed by atoms with Gasteiger partial charge >= 0.3 is 0 Å². The zero-order valence-corrected chi connectivity index (χ0v) is 17.9. The number of hydrogen-bond acceptors (Lipinski definition) is 6. The number of fused-ring (bicyclic) bond motifs is 2. The van der Waals surface area contributed by atoms with Crippen LogP contribution in [0.4, 0.5) is 15.9 Å². The van der Waals surface area contributed by atoms with Gasteiger partial charge in [-0.25, -0.2) is 14.4 Å². The third kappa shape index (κ3) is 3.77. The van der Waals surface area contributed by atoms with Crippen molar-refractivity contribution in [3.63, 3.8) is 0 Å². The average Bonchev–Trinajstić information content (AvgIpc) is 2.82. The molecular weight excluding hydrogens is 407 g/mol. The summed E-state index contributed by atoms with van der Waals surface area (Å²) in [5.41, 5.74) is 4.69. The maximum Gasteiger partial charge on any atom is 0.145 e. The van der Waals surface area contributed by atoms with E-state index in [9.17, 15) is 4.39 Å². The average molecular weight is 430 g/mol. The molecule has 1 N–H and O–H groups in total. The van der Waals surface area contributed by atoms with Crippen LogP contribution in [-0.2, 0) is 6.54 Å². The Bertz CT molecular complexity index is 1280. The normalized spacial score (nSPS) is 12.9. The van der Waals surface area contributed by atoms with E-state index < -0.39 is 0 Å². The zero-order valence-electron chi connectivity index (χ0n) is 17.9. The standard InChI is InChI=1S/C25H23FN4O2/c1-30-9-10-32-22-11-16(3-8-21(22)30)14-27-25-20-12-18(17-4-6-19(26)7-5-17)13-23(31-2)24(20)28-15-29-25/h3-8,11-13,15H,9-10,14H2,1-2H3,(H,27,28,29). The van der Waals surface area contributed by atoms with E-state index in [1.54, 1.807) is 19.2 Å². The fraction of sp³-hybridized carbons (Fsp3) is 0.200. The molecule has 0 fully saturated rings. The molecule has 0 saturated carbocycles. The highest BCUT2D eigenvalue weighted by molar-refractivity contribution is 5.96. The van der Waals surface area contributed by atoms with Gasteiger partial charge in [0.25, 0.3) is 0 Å². The summed E-state index contributed by atoms with van der Waals surface area (Å²) in [6, 6.07) is 16.5. The molecule has 5 rings (SSSR count). The van der Waals surface area contributed by atoms with Gasteiger partial charge in [-0.05, 0) is 53.1 Å². The minimum absolute atomic E-state index is 0.271. The van der Waals surface area contributed by atoms with Crippen molar-refractivity contribution in [1.29, 1.82) is 0 Å². The Hall–Kier alpha value is -3.87. The Labute approximate surface area is 185 Å². The largest absolute Gasteiger partial charge is 0.494 e. The van der Waals surface area contributed by atoms with Crippen LogP contribution >= 0.6 is 0 Å². The molecule has 0 amide bonds. The summed E-state index contributed by atoms with van der Waals surface area (Å²) in [5, 5.41) is 4.26. The molecule has 0 bridgehead atoms. The summed E-state index contributed by atoms with van der Waals surface area (Å²) >= 11 is 0. The number of methoxy groups -OCH3 is 1. The van der Waals surface area contributed by atoms with E-state index in [0.717, 1.165) is 40.1 Å². The number of nitrogens with one attached hydrogen (secondary N) is 1. The van der Waals surface area contributed by atoms with E-state index in [0.29, 0.717) is 30.2 Å². The summed E-state index contributed by atoms with van der Waals surface area (Å²) < 4.78 is 24.8. The molecule has 162 valence electrons. The molecule has 0 unspecified atom stereocenters. The second kappa shape index (κ2) is 8.34. The quantitative estimate of drug-likeness (QED) is 0.487. The number of nitrogens with zero attached hydrogens (tertiary/aromatic N) is 3. The Kier molecular flexibility index (Phi) is 5.23. The molecule has 32 heavy (non-hydrogen) atoms. The lowest BCUT2D eigenvalue weighted by Gasteiger charge is -2.28. The minimum atomic E-state index is -0.271. The minimum Gasteiger partial charge on any atom is -0.494 e. The summed E-state index contributed by atoms with van der Waals surface area (Å²) in [6.07, 6.45) is 1.52. The number of aromatic nitrogens is 2. The maximum atomic E-state index is 13.4. The van der Waals surface area contributed by atoms with Crippen LogP contribution in [0.2, 0.25) is 0 Å². The lowest BCUT2D eigenvalue weighted by Crippen LogP contribution is -2.28. The highest BCUT2D eigenvalue weighted by Gasteiger charge is 2.16. The van der Waals surface area contributed by atoms with E-state index in [-0.39, 0.29) is 5.82 Å². The number of anilines is 2. The molecular formula is C25H23FN4O2. The first-order chi connectivity index (χ1) is 15.6. The predicted octanol–water partition coefficient (Wildman–Crippen LogP) is 4.89. The van der Waals surface area contributed by atoms with Crippen molar-refractivity contribution in [3.8, 4) is 22.6 Å². The molecule has 1 aliphatic rings. The number of rotatable bonds is 5. The molecule has 2 heterocycles. The lowest BCUT2D eigenvalue weighted by molar-refractivity contribution is 0.311. The van der Waals surface area contributed by atoms with Crippen LogP contribution in [0.1, 0.15) is 5.56 Å². The van der Waals surface area contributed by atoms with Gasteiger partial charge in [-0.15, -0.1) is 0 Å². The van der Waals surface area contributed by atoms with Crippen molar-refractivity contribution in [2.45, 2.75) is 6.54 Å². The topological polar surface area (TPSA) is 59.5 Å². The molecule has 6 nitrogen and oxygen atoms in total. The van der Waals surface area contributed by atoms with Gasteiger partial charge in [0.2, 0.25) is 0 Å². The Morgan fingerprint density at radius 1 is 1.06 bits per heavy atom. The summed E-state index contributed by atoms with van der Waals surface area (Å²) in [5.74, 6) is 1.96. The lowest BCUT2D eigenvalue weighted by atomic mass is 10.0. The van der Waals surface area contributed by atoms with Crippen LogP contribution in [0.25, 0.3) is 22.0 Å². The van der Waals surface area contributed by atoms with Gasteiger partial charge in [0.1, 0.15) is 41.6 Å². The van der Waals surface area contributed by atoms with Gasteiger partial charge in [0, 0.05) is 19.0 Å². The number of likely N-dealkylation sites (N-methyl/N-ethyl adjacent to an activating group) is 1. The van der Waals surface area contributed by atoms with E-state index in [4.69, 9.17) is 9.47 Å². The molecule has 0 radical (unpaired) electrons. The van der Waals surface area contributed by atoms with Gasteiger partial charge < -0.3 is 19.7 Å². The first-order valence-electron chi connectivity index (χ1n) is 10.4. The van der Waals surface area contributed by atoms with Crippen molar-refractivity contribution >= 4 is 22.4 Å². The second-order valence-electron chi connectivity index (χ2n) is 7.73. The van der Waals surface area contributed by atoms with Gasteiger partial charge in [-0.2, -0.15) is 0 Å². The molecule has 1 aromatic heterocycles. The third-order valence-electron chi connectivity index (χ3n) is 5.68. The summed E-state index contributed by atoms with van der Waals surface area (Å²) in [4.78, 5) is 11.1. The first-order valence-corrected chi connectivity index (χ1v) is 10.4. The summed E-state index contributed by atoms with van der Waals surface area (Å²) in [6.45, 7) is 2.15. The van der Waals surface area contributed by atoms with Crippen LogP contribution in [0.3, 0.4) is 0 Å². The number of halogens is 1. The number of benzene rings is 3. The molecule has 0 spiro atoms. The Morgan fingerprint density at radius 3 is 2.72 bits per heavy atom. The van der Waals surface area contributed by atoms with E-state index in [1.807, 2.05) is 12.1 Å². The van der Waals surface area contributed by atoms with Crippen LogP contribution in [0, 0.1) is 5.82 Å². The number of hydrogen-bond donors (Lipinski definition) is 1. The van der Waals surface area contributed by atoms with Crippen LogP contribution in [0.15, 0.2) is 60.9 Å². The van der Waals surface area contributed by atoms with Gasteiger partial charge in [0.05, 0.1) is 19.3 Å². The molecule has 0 aliphatic carbocycles. The SMILES string of the molecule is COc1cc(-c2ccc(F)cc2)cc2c(NCc3ccc4c(c3)OCCN4C)ncnc12. The van der Waals surface area contributed by atoms with E-state index in [1.165, 1.54) is 18.5 Å². The smallest absolute Gasteiger partial charge is 0.145 e. The maximum absolute atomic E-state index is 13.4. The highest BCUT2D eigenvalue weighted by atomic mass is 19.1. The van der Waals surface area contributed by atoms with Crippen molar-refractivity contribution < 1.29 is 13.9 Å². The van der Waals surface area contributed by atoms with Gasteiger partial charge in [-0.1, -0.05) is 18.2 Å². The molecule has 1 aliphatic heterocycles. The van der Waals surface area contributed by atoms with Crippen molar-refractivity contribution in [1.82, 2.24) is 9.97 Å². The van der Waals surface area contributed by atoms with Gasteiger partial charge in [0.15, 0.2) is 0 Å². The molecule has 4 aromatic rings. The van der Waals surface area contributed by atoms with Crippen molar-refractivity contribution in [2.24, 2.45) is 0 Å². The van der Waals surface area contributed by atoms with Crippen LogP contribution in [-0.4, -0.2) is 37.3 Å². The Balaban J connectivity index is 1.48. The van der Waals surface area contributed by atoms with Crippen LogP contribution in [0.5, 0.6) is 11.5 Å². The van der Waals surface area contributed by atoms with E-state index >= 15 is 0 Å². The van der Waals surface area contributed by atoms with Crippen molar-refractivity contribution in [3.05, 3.63) is 72.3 Å². The molecule has 0 saturated heterocycles. The zero-order chi connectivity index (χ0) is 22.1. The van der Waals surface area contributed by atoms with Gasteiger partial charge in [-0.3, -0.25) is 0 Å². The highest BCUT2D eigenvalue weighted by Crippen LogP contribution is 2.35. The molecule has 7 heteroatoms.